The summed E-state index contributed by atoms with van der Waals surface area (Å²) in [6.07, 6.45) is 2.38. The highest BCUT2D eigenvalue weighted by Gasteiger charge is 2.42. The third-order valence-corrected chi connectivity index (χ3v) is 3.72. The summed E-state index contributed by atoms with van der Waals surface area (Å²) in [5.41, 5.74) is 1.49. The highest BCUT2D eigenvalue weighted by Crippen LogP contribution is 2.27. The number of amides is 2. The van der Waals surface area contributed by atoms with Gasteiger partial charge in [0, 0.05) is 13.2 Å². The Labute approximate surface area is 119 Å². The van der Waals surface area contributed by atoms with Crippen LogP contribution in [0.3, 0.4) is 0 Å². The minimum Gasteiger partial charge on any atom is -0.342 e. The SMILES string of the molecule is CCC1C(=O)NC(C(C)C)C(=O)N1c1cn(C)nc1C. The number of hydrogen-bond acceptors (Lipinski definition) is 3. The van der Waals surface area contributed by atoms with E-state index in [1.165, 1.54) is 0 Å². The first-order valence-corrected chi connectivity index (χ1v) is 7.00. The highest BCUT2D eigenvalue weighted by atomic mass is 16.2. The van der Waals surface area contributed by atoms with Crippen molar-refractivity contribution >= 4 is 17.5 Å². The van der Waals surface area contributed by atoms with E-state index in [9.17, 15) is 9.59 Å². The Balaban J connectivity index is 2.46. The van der Waals surface area contributed by atoms with Gasteiger partial charge in [0.15, 0.2) is 0 Å². The molecule has 2 unspecified atom stereocenters. The molecule has 1 aliphatic rings. The number of nitrogens with zero attached hydrogens (tertiary/aromatic N) is 3. The molecule has 6 nitrogen and oxygen atoms in total. The van der Waals surface area contributed by atoms with Gasteiger partial charge in [-0.2, -0.15) is 5.10 Å². The van der Waals surface area contributed by atoms with E-state index in [-0.39, 0.29) is 17.7 Å². The van der Waals surface area contributed by atoms with Gasteiger partial charge in [-0.3, -0.25) is 19.2 Å². The van der Waals surface area contributed by atoms with Gasteiger partial charge in [0.05, 0.1) is 11.4 Å². The van der Waals surface area contributed by atoms with Crippen LogP contribution < -0.4 is 10.2 Å². The Kier molecular flexibility index (Phi) is 3.83. The van der Waals surface area contributed by atoms with E-state index >= 15 is 0 Å². The van der Waals surface area contributed by atoms with E-state index < -0.39 is 12.1 Å². The zero-order chi connectivity index (χ0) is 15.0. The minimum absolute atomic E-state index is 0.0532. The number of piperazine rings is 1. The van der Waals surface area contributed by atoms with Gasteiger partial charge in [0.2, 0.25) is 5.91 Å². The molecule has 2 amide bonds. The lowest BCUT2D eigenvalue weighted by Gasteiger charge is -2.39. The largest absolute Gasteiger partial charge is 0.342 e. The van der Waals surface area contributed by atoms with Gasteiger partial charge in [-0.25, -0.2) is 0 Å². The molecule has 0 bridgehead atoms. The molecule has 1 aliphatic heterocycles. The fourth-order valence-corrected chi connectivity index (χ4v) is 2.66. The van der Waals surface area contributed by atoms with Crippen molar-refractivity contribution in [3.8, 4) is 0 Å². The summed E-state index contributed by atoms with van der Waals surface area (Å²) in [7, 11) is 1.81. The number of carbonyl (C=O) groups is 2. The van der Waals surface area contributed by atoms with E-state index in [4.69, 9.17) is 0 Å². The molecule has 6 heteroatoms. The fourth-order valence-electron chi connectivity index (χ4n) is 2.66. The lowest BCUT2D eigenvalue weighted by molar-refractivity contribution is -0.134. The average Bonchev–Trinajstić information content (AvgIpc) is 2.69. The van der Waals surface area contributed by atoms with Crippen LogP contribution in [-0.2, 0) is 16.6 Å². The Hall–Kier alpha value is -1.85. The molecule has 1 N–H and O–H groups in total. The Morgan fingerprint density at radius 2 is 2.05 bits per heavy atom. The Morgan fingerprint density at radius 3 is 2.50 bits per heavy atom. The third-order valence-electron chi connectivity index (χ3n) is 3.72. The molecule has 0 spiro atoms. The summed E-state index contributed by atoms with van der Waals surface area (Å²) in [6, 6.07) is -0.926. The molecule has 0 aromatic carbocycles. The van der Waals surface area contributed by atoms with Crippen LogP contribution in [0.4, 0.5) is 5.69 Å². The van der Waals surface area contributed by atoms with E-state index in [0.717, 1.165) is 11.4 Å². The molecule has 110 valence electrons. The first-order chi connectivity index (χ1) is 9.36. The van der Waals surface area contributed by atoms with Crippen LogP contribution in [0.1, 0.15) is 32.9 Å². The first kappa shape index (κ1) is 14.6. The second-order valence-corrected chi connectivity index (χ2v) is 5.64. The molecule has 0 aliphatic carbocycles. The fraction of sp³-hybridized carbons (Fsp3) is 0.643. The van der Waals surface area contributed by atoms with Crippen LogP contribution >= 0.6 is 0 Å². The van der Waals surface area contributed by atoms with Crippen LogP contribution in [-0.4, -0.2) is 33.7 Å². The molecule has 0 saturated carbocycles. The molecule has 1 aromatic heterocycles. The van der Waals surface area contributed by atoms with Crippen molar-refractivity contribution in [2.24, 2.45) is 13.0 Å². The standard InChI is InChI=1S/C14H22N4O2/c1-6-10-13(19)15-12(8(2)3)14(20)18(10)11-7-17(5)16-9(11)4/h7-8,10,12H,6H2,1-5H3,(H,15,19). The van der Waals surface area contributed by atoms with E-state index in [2.05, 4.69) is 10.4 Å². The Morgan fingerprint density at radius 1 is 1.40 bits per heavy atom. The number of carbonyl (C=O) groups excluding carboxylic acids is 2. The molecule has 0 radical (unpaired) electrons. The summed E-state index contributed by atoms with van der Waals surface area (Å²) in [6.45, 7) is 7.63. The van der Waals surface area contributed by atoms with Gasteiger partial charge in [-0.15, -0.1) is 0 Å². The second kappa shape index (κ2) is 5.26. The van der Waals surface area contributed by atoms with Gasteiger partial charge >= 0.3 is 0 Å². The van der Waals surface area contributed by atoms with E-state index in [1.807, 2.05) is 34.7 Å². The minimum atomic E-state index is -0.468. The zero-order valence-electron chi connectivity index (χ0n) is 12.7. The molecular formula is C14H22N4O2. The van der Waals surface area contributed by atoms with Crippen LogP contribution in [0.25, 0.3) is 0 Å². The highest BCUT2D eigenvalue weighted by molar-refractivity contribution is 6.08. The molecule has 1 fully saturated rings. The predicted molar refractivity (Wildman–Crippen MR) is 76.3 cm³/mol. The smallest absolute Gasteiger partial charge is 0.250 e. The molecular weight excluding hydrogens is 256 g/mol. The maximum absolute atomic E-state index is 12.7. The first-order valence-electron chi connectivity index (χ1n) is 7.00. The van der Waals surface area contributed by atoms with Crippen LogP contribution in [0.15, 0.2) is 6.20 Å². The third kappa shape index (κ3) is 2.30. The van der Waals surface area contributed by atoms with Gasteiger partial charge < -0.3 is 5.32 Å². The number of rotatable bonds is 3. The average molecular weight is 278 g/mol. The lowest BCUT2D eigenvalue weighted by Crippen LogP contribution is -2.65. The number of aryl methyl sites for hydroxylation is 2. The topological polar surface area (TPSA) is 67.2 Å². The van der Waals surface area contributed by atoms with Crippen molar-refractivity contribution in [1.82, 2.24) is 15.1 Å². The summed E-state index contributed by atoms with van der Waals surface area (Å²) < 4.78 is 1.67. The van der Waals surface area contributed by atoms with E-state index in [1.54, 1.807) is 15.8 Å². The summed E-state index contributed by atoms with van der Waals surface area (Å²) in [5, 5.41) is 7.11. The van der Waals surface area contributed by atoms with Crippen molar-refractivity contribution in [3.63, 3.8) is 0 Å². The molecule has 1 aromatic rings. The predicted octanol–water partition coefficient (Wildman–Crippen LogP) is 0.995. The van der Waals surface area contributed by atoms with Gasteiger partial charge in [0.25, 0.3) is 5.91 Å². The van der Waals surface area contributed by atoms with Crippen LogP contribution in [0, 0.1) is 12.8 Å². The number of hydrogen-bond donors (Lipinski definition) is 1. The molecule has 2 atom stereocenters. The van der Waals surface area contributed by atoms with Crippen molar-refractivity contribution < 1.29 is 9.59 Å². The zero-order valence-corrected chi connectivity index (χ0v) is 12.7. The second-order valence-electron chi connectivity index (χ2n) is 5.64. The quantitative estimate of drug-likeness (QED) is 0.896. The molecule has 2 rings (SSSR count). The van der Waals surface area contributed by atoms with Gasteiger partial charge in [0.1, 0.15) is 12.1 Å². The summed E-state index contributed by atoms with van der Waals surface area (Å²) >= 11 is 0. The van der Waals surface area contributed by atoms with Crippen molar-refractivity contribution in [1.29, 1.82) is 0 Å². The normalized spacial score (nSPS) is 23.4. The monoisotopic (exact) mass is 278 g/mol. The van der Waals surface area contributed by atoms with Crippen molar-refractivity contribution in [2.75, 3.05) is 4.90 Å². The molecule has 20 heavy (non-hydrogen) atoms. The summed E-state index contributed by atoms with van der Waals surface area (Å²) in [4.78, 5) is 26.6. The van der Waals surface area contributed by atoms with Crippen molar-refractivity contribution in [3.05, 3.63) is 11.9 Å². The van der Waals surface area contributed by atoms with Crippen LogP contribution in [0.5, 0.6) is 0 Å². The van der Waals surface area contributed by atoms with E-state index in [0.29, 0.717) is 6.42 Å². The number of aromatic nitrogens is 2. The number of anilines is 1. The maximum Gasteiger partial charge on any atom is 0.250 e. The number of nitrogens with one attached hydrogen (secondary N) is 1. The molecule has 1 saturated heterocycles. The van der Waals surface area contributed by atoms with Crippen LogP contribution in [0.2, 0.25) is 0 Å². The van der Waals surface area contributed by atoms with Gasteiger partial charge in [-0.05, 0) is 19.3 Å². The lowest BCUT2D eigenvalue weighted by atomic mass is 9.96. The Bertz CT molecular complexity index is 535. The maximum atomic E-state index is 12.7. The van der Waals surface area contributed by atoms with Crippen molar-refractivity contribution in [2.45, 2.75) is 46.2 Å². The molecule has 2 heterocycles. The van der Waals surface area contributed by atoms with Gasteiger partial charge in [-0.1, -0.05) is 20.8 Å². The summed E-state index contributed by atoms with van der Waals surface area (Å²) in [5.74, 6) is -0.0830.